The van der Waals surface area contributed by atoms with E-state index in [1.807, 2.05) is 13.8 Å². The van der Waals surface area contributed by atoms with Crippen LogP contribution in [0.15, 0.2) is 10.9 Å². The number of aliphatic hydroxyl groups excluding tert-OH is 1. The van der Waals surface area contributed by atoms with Crippen LogP contribution in [-0.4, -0.2) is 56.3 Å². The first-order valence-electron chi connectivity index (χ1n) is 8.08. The predicted molar refractivity (Wildman–Crippen MR) is 86.5 cm³/mol. The Morgan fingerprint density at radius 3 is 2.88 bits per heavy atom. The van der Waals surface area contributed by atoms with E-state index in [0.717, 1.165) is 29.3 Å². The quantitative estimate of drug-likeness (QED) is 0.760. The van der Waals surface area contributed by atoms with Gasteiger partial charge in [0.25, 0.3) is 5.91 Å². The van der Waals surface area contributed by atoms with Crippen molar-refractivity contribution in [3.63, 3.8) is 0 Å². The van der Waals surface area contributed by atoms with Gasteiger partial charge in [0.2, 0.25) is 0 Å². The molecule has 2 aromatic rings. The summed E-state index contributed by atoms with van der Waals surface area (Å²) in [6.45, 7) is 7.58. The zero-order valence-corrected chi connectivity index (χ0v) is 14.2. The predicted octanol–water partition coefficient (Wildman–Crippen LogP) is 0.688. The van der Waals surface area contributed by atoms with Gasteiger partial charge in [0.05, 0.1) is 24.2 Å². The number of rotatable bonds is 4. The van der Waals surface area contributed by atoms with Crippen molar-refractivity contribution in [3.05, 3.63) is 34.7 Å². The Hall–Kier alpha value is -2.19. The third-order valence-corrected chi connectivity index (χ3v) is 4.59. The van der Waals surface area contributed by atoms with Crippen molar-refractivity contribution < 1.29 is 14.4 Å². The Morgan fingerprint density at radius 2 is 2.29 bits per heavy atom. The molecule has 1 amide bonds. The minimum Gasteiger partial charge on any atom is -0.390 e. The molecule has 0 spiro atoms. The van der Waals surface area contributed by atoms with E-state index < -0.39 is 6.10 Å². The summed E-state index contributed by atoms with van der Waals surface area (Å²) in [7, 11) is 0. The van der Waals surface area contributed by atoms with Crippen LogP contribution < -0.4 is 5.32 Å². The van der Waals surface area contributed by atoms with Gasteiger partial charge in [-0.05, 0) is 27.2 Å². The molecule has 8 nitrogen and oxygen atoms in total. The number of likely N-dealkylation sites (tertiary alicyclic amines) is 1. The van der Waals surface area contributed by atoms with Crippen LogP contribution in [0.2, 0.25) is 0 Å². The number of piperidine rings is 1. The molecule has 1 fully saturated rings. The summed E-state index contributed by atoms with van der Waals surface area (Å²) in [6, 6.07) is -0.269. The molecule has 3 rings (SSSR count). The topological polar surface area (TPSA) is 107 Å². The van der Waals surface area contributed by atoms with E-state index in [9.17, 15) is 9.90 Å². The van der Waals surface area contributed by atoms with Gasteiger partial charge in [-0.3, -0.25) is 9.69 Å². The number of H-pyrrole nitrogens is 1. The highest BCUT2D eigenvalue weighted by Crippen LogP contribution is 2.19. The number of carbonyl (C=O) groups excluding carboxylic acids is 1. The zero-order chi connectivity index (χ0) is 17.3. The van der Waals surface area contributed by atoms with Gasteiger partial charge in [-0.1, -0.05) is 5.16 Å². The van der Waals surface area contributed by atoms with Crippen LogP contribution >= 0.6 is 0 Å². The molecule has 24 heavy (non-hydrogen) atoms. The molecule has 1 saturated heterocycles. The van der Waals surface area contributed by atoms with Gasteiger partial charge in [-0.25, -0.2) is 4.98 Å². The van der Waals surface area contributed by atoms with Crippen LogP contribution in [0.25, 0.3) is 0 Å². The number of carbonyl (C=O) groups is 1. The van der Waals surface area contributed by atoms with Crippen LogP contribution in [0.5, 0.6) is 0 Å². The number of aromatic nitrogens is 3. The van der Waals surface area contributed by atoms with Crippen molar-refractivity contribution in [2.45, 2.75) is 45.9 Å². The van der Waals surface area contributed by atoms with E-state index in [-0.39, 0.29) is 11.9 Å². The number of amides is 1. The lowest BCUT2D eigenvalue weighted by Gasteiger charge is -2.36. The van der Waals surface area contributed by atoms with Gasteiger partial charge in [0.15, 0.2) is 0 Å². The Labute approximate surface area is 140 Å². The van der Waals surface area contributed by atoms with Gasteiger partial charge in [0.1, 0.15) is 11.5 Å². The smallest absolute Gasteiger partial charge is 0.272 e. The molecule has 130 valence electrons. The third kappa shape index (κ3) is 3.34. The van der Waals surface area contributed by atoms with Crippen molar-refractivity contribution in [1.82, 2.24) is 25.3 Å². The largest absolute Gasteiger partial charge is 0.390 e. The molecule has 1 aliphatic rings. The first-order chi connectivity index (χ1) is 11.5. The van der Waals surface area contributed by atoms with E-state index in [1.54, 1.807) is 6.92 Å². The summed E-state index contributed by atoms with van der Waals surface area (Å²) in [6.07, 6.45) is 1.55. The maximum Gasteiger partial charge on any atom is 0.272 e. The first kappa shape index (κ1) is 16.7. The molecule has 3 N–H and O–H groups in total. The minimum atomic E-state index is -0.623. The van der Waals surface area contributed by atoms with Crippen molar-refractivity contribution >= 4 is 5.91 Å². The zero-order valence-electron chi connectivity index (χ0n) is 14.2. The third-order valence-electron chi connectivity index (χ3n) is 4.59. The average Bonchev–Trinajstić information content (AvgIpc) is 3.10. The van der Waals surface area contributed by atoms with Crippen LogP contribution in [0.1, 0.15) is 39.6 Å². The summed E-state index contributed by atoms with van der Waals surface area (Å²) in [5, 5.41) is 17.2. The van der Waals surface area contributed by atoms with E-state index in [1.165, 1.54) is 6.33 Å². The number of nitrogens with one attached hydrogen (secondary N) is 2. The lowest BCUT2D eigenvalue weighted by molar-refractivity contribution is 0.0346. The standard InChI is InChI=1S/C16H23N5O3/c1-9-12(11(3)24-20-9)6-21-5-4-13(14(22)7-21)19-16(23)15-10(2)17-8-18-15/h8,13-14,22H,4-7H2,1-3H3,(H,17,18)(H,19,23)/t13-,14-/m1/s1. The fraction of sp³-hybridized carbons (Fsp3) is 0.562. The molecule has 1 aliphatic heterocycles. The highest BCUT2D eigenvalue weighted by atomic mass is 16.5. The molecular formula is C16H23N5O3. The summed E-state index contributed by atoms with van der Waals surface area (Å²) in [4.78, 5) is 21.3. The number of hydrogen-bond acceptors (Lipinski definition) is 6. The molecule has 8 heteroatoms. The summed E-state index contributed by atoms with van der Waals surface area (Å²) >= 11 is 0. The molecule has 0 radical (unpaired) electrons. The molecule has 0 aromatic carbocycles. The number of imidazole rings is 1. The van der Waals surface area contributed by atoms with Crippen LogP contribution in [-0.2, 0) is 6.54 Å². The van der Waals surface area contributed by atoms with Crippen LogP contribution in [0.4, 0.5) is 0 Å². The fourth-order valence-corrected chi connectivity index (χ4v) is 3.08. The maximum atomic E-state index is 12.2. The summed E-state index contributed by atoms with van der Waals surface area (Å²) in [5.41, 5.74) is 3.04. The Bertz CT molecular complexity index is 704. The monoisotopic (exact) mass is 333 g/mol. The van der Waals surface area contributed by atoms with Crippen molar-refractivity contribution in [3.8, 4) is 0 Å². The Kier molecular flexibility index (Phi) is 4.68. The fourth-order valence-electron chi connectivity index (χ4n) is 3.08. The molecule has 0 saturated carbocycles. The molecule has 2 atom stereocenters. The highest BCUT2D eigenvalue weighted by molar-refractivity contribution is 5.93. The second-order valence-corrected chi connectivity index (χ2v) is 6.35. The van der Waals surface area contributed by atoms with Crippen molar-refractivity contribution in [2.24, 2.45) is 0 Å². The second kappa shape index (κ2) is 6.74. The number of hydrogen-bond donors (Lipinski definition) is 3. The SMILES string of the molecule is Cc1noc(C)c1CN1CC[C@@H](NC(=O)c2nc[nH]c2C)[C@H](O)C1. The van der Waals surface area contributed by atoms with Crippen LogP contribution in [0, 0.1) is 20.8 Å². The lowest BCUT2D eigenvalue weighted by atomic mass is 10.0. The molecule has 0 unspecified atom stereocenters. The maximum absolute atomic E-state index is 12.2. The van der Waals surface area contributed by atoms with Gasteiger partial charge >= 0.3 is 0 Å². The Balaban J connectivity index is 1.57. The number of aliphatic hydroxyl groups is 1. The highest BCUT2D eigenvalue weighted by Gasteiger charge is 2.30. The molecule has 0 bridgehead atoms. The van der Waals surface area contributed by atoms with E-state index in [2.05, 4.69) is 25.3 Å². The minimum absolute atomic E-state index is 0.253. The molecule has 3 heterocycles. The number of β-amino-alcohol motifs (C(OH)–C–C–N with tert-alkyl or cyclic N) is 1. The number of aromatic amines is 1. The summed E-state index contributed by atoms with van der Waals surface area (Å²) in [5.74, 6) is 0.559. The molecule has 2 aromatic heterocycles. The second-order valence-electron chi connectivity index (χ2n) is 6.35. The van der Waals surface area contributed by atoms with E-state index >= 15 is 0 Å². The van der Waals surface area contributed by atoms with E-state index in [4.69, 9.17) is 4.52 Å². The van der Waals surface area contributed by atoms with Crippen molar-refractivity contribution in [2.75, 3.05) is 13.1 Å². The number of aryl methyl sites for hydroxylation is 3. The van der Waals surface area contributed by atoms with E-state index in [0.29, 0.717) is 25.2 Å². The van der Waals surface area contributed by atoms with Crippen LogP contribution in [0.3, 0.4) is 0 Å². The first-order valence-corrected chi connectivity index (χ1v) is 8.08. The van der Waals surface area contributed by atoms with Gasteiger partial charge in [-0.15, -0.1) is 0 Å². The lowest BCUT2D eigenvalue weighted by Crippen LogP contribution is -2.53. The van der Waals surface area contributed by atoms with Gasteiger partial charge in [-0.2, -0.15) is 0 Å². The molecule has 0 aliphatic carbocycles. The van der Waals surface area contributed by atoms with Gasteiger partial charge < -0.3 is 19.9 Å². The normalized spacial score (nSPS) is 21.8. The summed E-state index contributed by atoms with van der Waals surface area (Å²) < 4.78 is 5.18. The Morgan fingerprint density at radius 1 is 1.50 bits per heavy atom. The van der Waals surface area contributed by atoms with Gasteiger partial charge in [0, 0.05) is 30.9 Å². The van der Waals surface area contributed by atoms with Crippen molar-refractivity contribution in [1.29, 1.82) is 0 Å². The number of nitrogens with zero attached hydrogens (tertiary/aromatic N) is 3. The average molecular weight is 333 g/mol. The molecular weight excluding hydrogens is 310 g/mol.